The first-order valence-electron chi connectivity index (χ1n) is 11.5. The summed E-state index contributed by atoms with van der Waals surface area (Å²) in [5.41, 5.74) is 2.45. The van der Waals surface area contributed by atoms with Gasteiger partial charge >= 0.3 is 0 Å². The van der Waals surface area contributed by atoms with Crippen LogP contribution in [0.2, 0.25) is 5.02 Å². The Labute approximate surface area is 204 Å². The molecule has 1 fully saturated rings. The maximum atomic E-state index is 13.9. The van der Waals surface area contributed by atoms with Crippen LogP contribution in [0, 0.1) is 5.82 Å². The van der Waals surface area contributed by atoms with Crippen molar-refractivity contribution < 1.29 is 14.3 Å². The lowest BCUT2D eigenvalue weighted by Crippen LogP contribution is -2.43. The van der Waals surface area contributed by atoms with Gasteiger partial charge in [-0.15, -0.1) is 0 Å². The summed E-state index contributed by atoms with van der Waals surface area (Å²) in [6.07, 6.45) is 1.08. The van der Waals surface area contributed by atoms with E-state index in [1.807, 2.05) is 36.4 Å². The highest BCUT2D eigenvalue weighted by Crippen LogP contribution is 2.23. The van der Waals surface area contributed by atoms with Gasteiger partial charge in [0.15, 0.2) is 0 Å². The standard InChI is InChI=1S/C27H29ClFN3O2/c28-22-9-5-6-19(14-22)17-32-18-23(31-16-21-8-2-4-11-26(21)33)15-25(32)27(34)30-13-12-20-7-1-3-10-24(20)29/h1-11,14,23,25,31,33H,12-13,15-18H2,(H,30,34)/t23-,25-/m0/s1. The maximum absolute atomic E-state index is 13.9. The summed E-state index contributed by atoms with van der Waals surface area (Å²) >= 11 is 6.17. The molecule has 3 aromatic rings. The topological polar surface area (TPSA) is 64.6 Å². The molecule has 4 rings (SSSR count). The van der Waals surface area contributed by atoms with Crippen LogP contribution in [0.1, 0.15) is 23.1 Å². The van der Waals surface area contributed by atoms with Gasteiger partial charge < -0.3 is 15.7 Å². The van der Waals surface area contributed by atoms with Gasteiger partial charge in [0.2, 0.25) is 5.91 Å². The number of halogens is 2. The summed E-state index contributed by atoms with van der Waals surface area (Å²) in [6, 6.07) is 21.3. The fraction of sp³-hybridized carbons (Fsp3) is 0.296. The molecule has 0 radical (unpaired) electrons. The van der Waals surface area contributed by atoms with Gasteiger partial charge in [-0.25, -0.2) is 4.39 Å². The molecule has 0 unspecified atom stereocenters. The highest BCUT2D eigenvalue weighted by Gasteiger charge is 2.36. The number of nitrogens with zero attached hydrogens (tertiary/aromatic N) is 1. The molecule has 1 aliphatic rings. The van der Waals surface area contributed by atoms with Gasteiger partial charge in [-0.3, -0.25) is 9.69 Å². The Morgan fingerprint density at radius 2 is 1.82 bits per heavy atom. The Morgan fingerprint density at radius 3 is 2.59 bits per heavy atom. The molecule has 1 aliphatic heterocycles. The molecule has 5 nitrogen and oxygen atoms in total. The van der Waals surface area contributed by atoms with Crippen molar-refractivity contribution in [2.45, 2.75) is 38.0 Å². The highest BCUT2D eigenvalue weighted by molar-refractivity contribution is 6.30. The van der Waals surface area contributed by atoms with Crippen LogP contribution < -0.4 is 10.6 Å². The Balaban J connectivity index is 1.40. The molecule has 3 N–H and O–H groups in total. The minimum absolute atomic E-state index is 0.0646. The number of rotatable bonds is 9. The SMILES string of the molecule is O=C(NCCc1ccccc1F)[C@@H]1C[C@H](NCc2ccccc2O)CN1Cc1cccc(Cl)c1. The zero-order chi connectivity index (χ0) is 23.9. The molecule has 0 spiro atoms. The van der Waals surface area contributed by atoms with Gasteiger partial charge in [0.1, 0.15) is 11.6 Å². The average molecular weight is 482 g/mol. The summed E-state index contributed by atoms with van der Waals surface area (Å²) in [4.78, 5) is 15.3. The van der Waals surface area contributed by atoms with E-state index in [1.165, 1.54) is 6.07 Å². The molecule has 1 heterocycles. The van der Waals surface area contributed by atoms with Gasteiger partial charge in [-0.1, -0.05) is 60.1 Å². The average Bonchev–Trinajstić information content (AvgIpc) is 3.22. The van der Waals surface area contributed by atoms with E-state index in [4.69, 9.17) is 11.6 Å². The number of nitrogens with one attached hydrogen (secondary N) is 2. The Kier molecular flexibility index (Phi) is 8.16. The van der Waals surface area contributed by atoms with E-state index in [0.717, 1.165) is 11.1 Å². The smallest absolute Gasteiger partial charge is 0.237 e. The number of phenols is 1. The van der Waals surface area contributed by atoms with E-state index in [-0.39, 0.29) is 29.6 Å². The Morgan fingerprint density at radius 1 is 1.06 bits per heavy atom. The predicted molar refractivity (Wildman–Crippen MR) is 132 cm³/mol. The van der Waals surface area contributed by atoms with Gasteiger partial charge in [-0.2, -0.15) is 0 Å². The number of para-hydroxylation sites is 1. The molecule has 2 atom stereocenters. The normalized spacial score (nSPS) is 18.2. The molecule has 1 saturated heterocycles. The Hall–Kier alpha value is -2.93. The maximum Gasteiger partial charge on any atom is 0.237 e. The van der Waals surface area contributed by atoms with Gasteiger partial charge in [0, 0.05) is 42.8 Å². The summed E-state index contributed by atoms with van der Waals surface area (Å²) in [5.74, 6) is -0.0647. The van der Waals surface area contributed by atoms with Crippen LogP contribution in [-0.2, 0) is 24.3 Å². The molecule has 178 valence electrons. The third-order valence-electron chi connectivity index (χ3n) is 6.21. The molecule has 0 aliphatic carbocycles. The van der Waals surface area contributed by atoms with Crippen LogP contribution in [0.4, 0.5) is 4.39 Å². The van der Waals surface area contributed by atoms with E-state index in [0.29, 0.717) is 49.6 Å². The van der Waals surface area contributed by atoms with E-state index >= 15 is 0 Å². The summed E-state index contributed by atoms with van der Waals surface area (Å²) in [6.45, 7) is 2.17. The number of benzene rings is 3. The quantitative estimate of drug-likeness (QED) is 0.427. The fourth-order valence-corrected chi connectivity index (χ4v) is 4.64. The van der Waals surface area contributed by atoms with Crippen LogP contribution in [0.25, 0.3) is 0 Å². The second kappa shape index (κ2) is 11.5. The van der Waals surface area contributed by atoms with Crippen LogP contribution in [0.3, 0.4) is 0 Å². The number of likely N-dealkylation sites (tertiary alicyclic amines) is 1. The third kappa shape index (κ3) is 6.35. The number of carbonyl (C=O) groups is 1. The minimum Gasteiger partial charge on any atom is -0.508 e. The molecule has 0 aromatic heterocycles. The number of hydrogen-bond acceptors (Lipinski definition) is 4. The molecule has 3 aromatic carbocycles. The first-order valence-corrected chi connectivity index (χ1v) is 11.9. The monoisotopic (exact) mass is 481 g/mol. The molecule has 1 amide bonds. The number of hydrogen-bond donors (Lipinski definition) is 3. The van der Waals surface area contributed by atoms with Gasteiger partial charge in [0.05, 0.1) is 6.04 Å². The lowest BCUT2D eigenvalue weighted by molar-refractivity contribution is -0.125. The van der Waals surface area contributed by atoms with Crippen LogP contribution in [-0.4, -0.2) is 41.1 Å². The second-order valence-electron chi connectivity index (χ2n) is 8.65. The molecular weight excluding hydrogens is 453 g/mol. The lowest BCUT2D eigenvalue weighted by Gasteiger charge is -2.23. The van der Waals surface area contributed by atoms with Crippen molar-refractivity contribution in [1.29, 1.82) is 0 Å². The number of carbonyl (C=O) groups excluding carboxylic acids is 1. The fourth-order valence-electron chi connectivity index (χ4n) is 4.42. The molecule has 0 bridgehead atoms. The summed E-state index contributed by atoms with van der Waals surface area (Å²) in [7, 11) is 0. The second-order valence-corrected chi connectivity index (χ2v) is 9.09. The van der Waals surface area contributed by atoms with Gasteiger partial charge in [-0.05, 0) is 48.2 Å². The summed E-state index contributed by atoms with van der Waals surface area (Å²) < 4.78 is 13.9. The summed E-state index contributed by atoms with van der Waals surface area (Å²) in [5, 5.41) is 17.2. The minimum atomic E-state index is -0.318. The van der Waals surface area contributed by atoms with Crippen molar-refractivity contribution in [3.63, 3.8) is 0 Å². The largest absolute Gasteiger partial charge is 0.508 e. The number of aromatic hydroxyl groups is 1. The first-order chi connectivity index (χ1) is 16.5. The first kappa shape index (κ1) is 24.2. The van der Waals surface area contributed by atoms with E-state index < -0.39 is 0 Å². The molecular formula is C27H29ClFN3O2. The van der Waals surface area contributed by atoms with E-state index in [1.54, 1.807) is 30.3 Å². The zero-order valence-corrected chi connectivity index (χ0v) is 19.6. The van der Waals surface area contributed by atoms with Crippen molar-refractivity contribution in [2.75, 3.05) is 13.1 Å². The van der Waals surface area contributed by atoms with Crippen LogP contribution in [0.15, 0.2) is 72.8 Å². The van der Waals surface area contributed by atoms with Crippen molar-refractivity contribution in [1.82, 2.24) is 15.5 Å². The molecule has 34 heavy (non-hydrogen) atoms. The van der Waals surface area contributed by atoms with E-state index in [9.17, 15) is 14.3 Å². The predicted octanol–water partition coefficient (Wildman–Crippen LogP) is 4.28. The van der Waals surface area contributed by atoms with E-state index in [2.05, 4.69) is 15.5 Å². The Bertz CT molecular complexity index is 1130. The van der Waals surface area contributed by atoms with Crippen molar-refractivity contribution in [2.24, 2.45) is 0 Å². The number of amides is 1. The van der Waals surface area contributed by atoms with Crippen molar-refractivity contribution in [3.8, 4) is 5.75 Å². The lowest BCUT2D eigenvalue weighted by atomic mass is 10.1. The number of phenolic OH excluding ortho intramolecular Hbond substituents is 1. The van der Waals surface area contributed by atoms with Crippen LogP contribution in [0.5, 0.6) is 5.75 Å². The van der Waals surface area contributed by atoms with Crippen molar-refractivity contribution in [3.05, 3.63) is 100 Å². The zero-order valence-electron chi connectivity index (χ0n) is 18.9. The molecule has 0 saturated carbocycles. The molecule has 7 heteroatoms. The van der Waals surface area contributed by atoms with Crippen molar-refractivity contribution >= 4 is 17.5 Å². The third-order valence-corrected chi connectivity index (χ3v) is 6.44. The highest BCUT2D eigenvalue weighted by atomic mass is 35.5. The van der Waals surface area contributed by atoms with Crippen LogP contribution >= 0.6 is 11.6 Å². The van der Waals surface area contributed by atoms with Gasteiger partial charge in [0.25, 0.3) is 0 Å².